The van der Waals surface area contributed by atoms with Gasteiger partial charge < -0.3 is 24.4 Å². The van der Waals surface area contributed by atoms with Crippen molar-refractivity contribution in [1.29, 1.82) is 0 Å². The van der Waals surface area contributed by atoms with Gasteiger partial charge in [0.1, 0.15) is 5.76 Å². The lowest BCUT2D eigenvalue weighted by Gasteiger charge is -2.15. The molecule has 0 saturated carbocycles. The van der Waals surface area contributed by atoms with Crippen LogP contribution in [0.3, 0.4) is 0 Å². The highest BCUT2D eigenvalue weighted by atomic mass is 16.6. The molecule has 0 bridgehead atoms. The van der Waals surface area contributed by atoms with Crippen LogP contribution in [0.4, 0.5) is 0 Å². The normalized spacial score (nSPS) is 12.6. The van der Waals surface area contributed by atoms with Crippen molar-refractivity contribution in [2.24, 2.45) is 5.92 Å². The first kappa shape index (κ1) is 30.8. The molecule has 0 saturated heterocycles. The molecule has 1 atom stereocenters. The van der Waals surface area contributed by atoms with Crippen molar-refractivity contribution >= 4 is 23.9 Å². The number of carbonyl (C=O) groups excluding carboxylic acids is 2. The van der Waals surface area contributed by atoms with Crippen molar-refractivity contribution in [2.45, 2.75) is 33.1 Å². The third kappa shape index (κ3) is 9.14. The van der Waals surface area contributed by atoms with E-state index in [0.717, 1.165) is 18.1 Å². The van der Waals surface area contributed by atoms with E-state index in [1.807, 2.05) is 24.3 Å². The number of aliphatic hydroxyl groups is 1. The number of methoxy groups -OCH3 is 2. The predicted molar refractivity (Wildman–Crippen MR) is 160 cm³/mol. The number of ether oxygens (including phenoxy) is 3. The van der Waals surface area contributed by atoms with Crippen molar-refractivity contribution in [3.8, 4) is 23.0 Å². The molecule has 41 heavy (non-hydrogen) atoms. The number of hydrogen-bond donors (Lipinski definition) is 2. The third-order valence-corrected chi connectivity index (χ3v) is 6.26. The standard InChI is InChI=1S/C34H36O7/c1-22(2)18-24-6-12-27(13-7-24)23(3)34(38)41-31-17-11-26(20-33(31)40-5)9-15-29(36)21-28(35)14-8-25-10-16-30(37)32(19-25)39-4/h6-17,19-23,35,37H,18H2,1-5H3/b14-8+,15-9+,28-21-/t23-/m0/s1. The topological polar surface area (TPSA) is 102 Å². The van der Waals surface area contributed by atoms with Gasteiger partial charge in [-0.05, 0) is 77.9 Å². The lowest BCUT2D eigenvalue weighted by atomic mass is 9.97. The van der Waals surface area contributed by atoms with Gasteiger partial charge in [-0.15, -0.1) is 0 Å². The maximum absolute atomic E-state index is 12.8. The molecule has 0 unspecified atom stereocenters. The van der Waals surface area contributed by atoms with Crippen molar-refractivity contribution in [1.82, 2.24) is 0 Å². The Bertz CT molecular complexity index is 1450. The second-order valence-electron chi connectivity index (χ2n) is 9.96. The summed E-state index contributed by atoms with van der Waals surface area (Å²) in [7, 11) is 2.91. The molecule has 3 aromatic carbocycles. The molecule has 3 rings (SSSR count). The second kappa shape index (κ2) is 14.6. The summed E-state index contributed by atoms with van der Waals surface area (Å²) in [5.41, 5.74) is 3.41. The van der Waals surface area contributed by atoms with E-state index < -0.39 is 17.7 Å². The first-order valence-corrected chi connectivity index (χ1v) is 13.3. The smallest absolute Gasteiger partial charge is 0.318 e. The molecule has 214 valence electrons. The highest BCUT2D eigenvalue weighted by Gasteiger charge is 2.19. The lowest BCUT2D eigenvalue weighted by Crippen LogP contribution is -2.16. The number of ketones is 1. The van der Waals surface area contributed by atoms with Crippen LogP contribution in [0.25, 0.3) is 12.2 Å². The lowest BCUT2D eigenvalue weighted by molar-refractivity contribution is -0.135. The van der Waals surface area contributed by atoms with Gasteiger partial charge in [-0.2, -0.15) is 0 Å². The van der Waals surface area contributed by atoms with Gasteiger partial charge in [0.25, 0.3) is 0 Å². The van der Waals surface area contributed by atoms with Crippen LogP contribution < -0.4 is 14.2 Å². The van der Waals surface area contributed by atoms with Gasteiger partial charge in [0.2, 0.25) is 0 Å². The van der Waals surface area contributed by atoms with Crippen LogP contribution in [0.15, 0.2) is 84.7 Å². The zero-order chi connectivity index (χ0) is 29.9. The van der Waals surface area contributed by atoms with E-state index >= 15 is 0 Å². The van der Waals surface area contributed by atoms with Crippen LogP contribution in [0.5, 0.6) is 23.0 Å². The molecule has 0 aromatic heterocycles. The Kier molecular flexibility index (Phi) is 10.9. The number of hydrogen-bond acceptors (Lipinski definition) is 7. The zero-order valence-electron chi connectivity index (χ0n) is 24.0. The summed E-state index contributed by atoms with van der Waals surface area (Å²) >= 11 is 0. The molecule has 7 heteroatoms. The first-order valence-electron chi connectivity index (χ1n) is 13.3. The number of phenolic OH excluding ortho intramolecular Hbond substituents is 1. The van der Waals surface area contributed by atoms with Gasteiger partial charge in [0.15, 0.2) is 28.8 Å². The van der Waals surface area contributed by atoms with Crippen molar-refractivity contribution < 1.29 is 34.0 Å². The van der Waals surface area contributed by atoms with Gasteiger partial charge in [-0.1, -0.05) is 62.4 Å². The van der Waals surface area contributed by atoms with Gasteiger partial charge in [0, 0.05) is 6.08 Å². The quantitative estimate of drug-likeness (QED) is 0.0810. The van der Waals surface area contributed by atoms with E-state index in [1.165, 1.54) is 38.0 Å². The Labute approximate surface area is 241 Å². The maximum Gasteiger partial charge on any atom is 0.318 e. The first-order chi connectivity index (χ1) is 19.6. The number of benzene rings is 3. The minimum absolute atomic E-state index is 0.00449. The third-order valence-electron chi connectivity index (χ3n) is 6.26. The minimum Gasteiger partial charge on any atom is -0.508 e. The van der Waals surface area contributed by atoms with E-state index in [2.05, 4.69) is 13.8 Å². The Morgan fingerprint density at radius 1 is 0.805 bits per heavy atom. The average Bonchev–Trinajstić information content (AvgIpc) is 2.95. The molecule has 7 nitrogen and oxygen atoms in total. The van der Waals surface area contributed by atoms with Crippen LogP contribution >= 0.6 is 0 Å². The predicted octanol–water partition coefficient (Wildman–Crippen LogP) is 7.05. The number of aromatic hydroxyl groups is 1. The van der Waals surface area contributed by atoms with E-state index in [0.29, 0.717) is 28.5 Å². The molecule has 0 amide bonds. The Morgan fingerprint density at radius 3 is 2.05 bits per heavy atom. The molecule has 2 N–H and O–H groups in total. The van der Waals surface area contributed by atoms with E-state index in [9.17, 15) is 19.8 Å². The fraction of sp³-hybridized carbons (Fsp3) is 0.235. The summed E-state index contributed by atoms with van der Waals surface area (Å²) < 4.78 is 16.1. The fourth-order valence-corrected chi connectivity index (χ4v) is 4.02. The number of rotatable bonds is 12. The van der Waals surface area contributed by atoms with Gasteiger partial charge in [0.05, 0.1) is 20.1 Å². The van der Waals surface area contributed by atoms with Crippen LogP contribution in [0.1, 0.15) is 48.9 Å². The number of carbonyl (C=O) groups is 2. The molecule has 0 aliphatic rings. The average molecular weight is 557 g/mol. The molecule has 0 aliphatic heterocycles. The number of allylic oxidation sites excluding steroid dienone is 3. The number of esters is 1. The molecule has 3 aromatic rings. The van der Waals surface area contributed by atoms with E-state index in [-0.39, 0.29) is 17.3 Å². The second-order valence-corrected chi connectivity index (χ2v) is 9.96. The Morgan fingerprint density at radius 2 is 1.41 bits per heavy atom. The molecule has 0 fully saturated rings. The molecule has 0 heterocycles. The van der Waals surface area contributed by atoms with E-state index in [1.54, 1.807) is 49.4 Å². The summed E-state index contributed by atoms with van der Waals surface area (Å²) in [4.78, 5) is 25.2. The fourth-order valence-electron chi connectivity index (χ4n) is 4.02. The SMILES string of the molecule is COc1cc(/C=C/C(O)=C/C(=O)/C=C/c2ccc(OC(=O)[C@@H](C)c3ccc(CC(C)C)cc3)c(OC)c2)ccc1O. The molecule has 0 spiro atoms. The van der Waals surface area contributed by atoms with Gasteiger partial charge in [-0.25, -0.2) is 0 Å². The number of aliphatic hydroxyl groups excluding tert-OH is 1. The molecule has 0 aliphatic carbocycles. The summed E-state index contributed by atoms with van der Waals surface area (Å²) in [6.07, 6.45) is 7.88. The monoisotopic (exact) mass is 556 g/mol. The Balaban J connectivity index is 1.63. The minimum atomic E-state index is -0.463. The Hall–Kier alpha value is -4.78. The van der Waals surface area contributed by atoms with Crippen molar-refractivity contribution in [2.75, 3.05) is 14.2 Å². The van der Waals surface area contributed by atoms with Crippen LogP contribution in [0.2, 0.25) is 0 Å². The summed E-state index contributed by atoms with van der Waals surface area (Å²) in [6, 6.07) is 17.7. The van der Waals surface area contributed by atoms with Gasteiger partial charge in [-0.3, -0.25) is 9.59 Å². The molecule has 0 radical (unpaired) electrons. The van der Waals surface area contributed by atoms with Crippen LogP contribution in [0, 0.1) is 5.92 Å². The largest absolute Gasteiger partial charge is 0.508 e. The zero-order valence-corrected chi connectivity index (χ0v) is 24.0. The summed E-state index contributed by atoms with van der Waals surface area (Å²) in [5.74, 6) is -0.0611. The summed E-state index contributed by atoms with van der Waals surface area (Å²) in [5, 5.41) is 19.8. The highest BCUT2D eigenvalue weighted by Crippen LogP contribution is 2.31. The maximum atomic E-state index is 12.8. The highest BCUT2D eigenvalue weighted by molar-refractivity contribution is 6.02. The van der Waals surface area contributed by atoms with Crippen LogP contribution in [-0.2, 0) is 16.0 Å². The number of phenols is 1. The van der Waals surface area contributed by atoms with E-state index in [4.69, 9.17) is 14.2 Å². The van der Waals surface area contributed by atoms with Crippen LogP contribution in [-0.4, -0.2) is 36.2 Å². The summed E-state index contributed by atoms with van der Waals surface area (Å²) in [6.45, 7) is 6.14. The molecular formula is C34H36O7. The van der Waals surface area contributed by atoms with Crippen molar-refractivity contribution in [3.63, 3.8) is 0 Å². The van der Waals surface area contributed by atoms with Gasteiger partial charge >= 0.3 is 5.97 Å². The molecular weight excluding hydrogens is 520 g/mol. The van der Waals surface area contributed by atoms with Crippen molar-refractivity contribution in [3.05, 3.63) is 107 Å².